The minimum Gasteiger partial charge on any atom is -0.493 e. The standard InChI is InChI=1S/C19H21N3O6S/c1-11-5-6-13(28-11)7-8-16(23)20-19(29)22-21-18(24)12-9-14(25-2)17(27-4)15(10-12)26-3/h5-10H,1-4H3,(H,21,24)(H2,20,22,23,29). The van der Waals surface area contributed by atoms with E-state index in [2.05, 4.69) is 16.2 Å². The molecule has 29 heavy (non-hydrogen) atoms. The summed E-state index contributed by atoms with van der Waals surface area (Å²) in [5.41, 5.74) is 5.06. The predicted octanol–water partition coefficient (Wildman–Crippen LogP) is 1.96. The summed E-state index contributed by atoms with van der Waals surface area (Å²) in [5, 5.41) is 2.31. The number of hydrogen-bond acceptors (Lipinski definition) is 7. The first kappa shape index (κ1) is 21.8. The number of benzene rings is 1. The lowest BCUT2D eigenvalue weighted by Gasteiger charge is -2.14. The number of thiocarbonyl (C=S) groups is 1. The molecule has 10 heteroatoms. The van der Waals surface area contributed by atoms with Gasteiger partial charge in [-0.05, 0) is 49.5 Å². The molecule has 1 aromatic heterocycles. The van der Waals surface area contributed by atoms with Crippen LogP contribution in [0.2, 0.25) is 0 Å². The first-order valence-electron chi connectivity index (χ1n) is 8.33. The highest BCUT2D eigenvalue weighted by Crippen LogP contribution is 2.38. The van der Waals surface area contributed by atoms with E-state index in [9.17, 15) is 9.59 Å². The zero-order valence-electron chi connectivity index (χ0n) is 16.3. The zero-order chi connectivity index (χ0) is 21.4. The summed E-state index contributed by atoms with van der Waals surface area (Å²) in [5.74, 6) is 1.27. The number of carbonyl (C=O) groups is 2. The van der Waals surface area contributed by atoms with Crippen LogP contribution in [0.4, 0.5) is 0 Å². The van der Waals surface area contributed by atoms with Gasteiger partial charge in [-0.2, -0.15) is 0 Å². The lowest BCUT2D eigenvalue weighted by Crippen LogP contribution is -2.48. The second-order valence-electron chi connectivity index (χ2n) is 5.59. The van der Waals surface area contributed by atoms with Crippen LogP contribution >= 0.6 is 12.2 Å². The predicted molar refractivity (Wildman–Crippen MR) is 110 cm³/mol. The van der Waals surface area contributed by atoms with Crippen LogP contribution < -0.4 is 30.4 Å². The van der Waals surface area contributed by atoms with Crippen LogP contribution in [-0.2, 0) is 4.79 Å². The van der Waals surface area contributed by atoms with Gasteiger partial charge >= 0.3 is 0 Å². The number of methoxy groups -OCH3 is 3. The highest BCUT2D eigenvalue weighted by atomic mass is 32.1. The van der Waals surface area contributed by atoms with Crippen molar-refractivity contribution < 1.29 is 28.2 Å². The fourth-order valence-corrected chi connectivity index (χ4v) is 2.44. The zero-order valence-corrected chi connectivity index (χ0v) is 17.1. The van der Waals surface area contributed by atoms with Gasteiger partial charge in [-0.15, -0.1) is 0 Å². The number of amides is 2. The molecule has 0 saturated carbocycles. The van der Waals surface area contributed by atoms with Crippen LogP contribution in [0.1, 0.15) is 21.9 Å². The number of hydrogen-bond donors (Lipinski definition) is 3. The van der Waals surface area contributed by atoms with Crippen LogP contribution in [0.3, 0.4) is 0 Å². The highest BCUT2D eigenvalue weighted by Gasteiger charge is 2.17. The van der Waals surface area contributed by atoms with Crippen LogP contribution in [-0.4, -0.2) is 38.3 Å². The largest absolute Gasteiger partial charge is 0.493 e. The molecule has 0 spiro atoms. The average molecular weight is 419 g/mol. The van der Waals surface area contributed by atoms with Crippen molar-refractivity contribution in [2.24, 2.45) is 0 Å². The molecule has 0 aliphatic heterocycles. The van der Waals surface area contributed by atoms with Crippen molar-refractivity contribution in [3.8, 4) is 17.2 Å². The number of rotatable bonds is 6. The third-order valence-electron chi connectivity index (χ3n) is 3.61. The Kier molecular flexibility index (Phi) is 7.61. The van der Waals surface area contributed by atoms with E-state index in [1.165, 1.54) is 45.6 Å². The topological polar surface area (TPSA) is 111 Å². The number of carbonyl (C=O) groups excluding carboxylic acids is 2. The molecule has 3 N–H and O–H groups in total. The minimum atomic E-state index is -0.526. The number of ether oxygens (including phenoxy) is 3. The van der Waals surface area contributed by atoms with Gasteiger partial charge < -0.3 is 18.6 Å². The Balaban J connectivity index is 1.93. The van der Waals surface area contributed by atoms with Gasteiger partial charge in [0.1, 0.15) is 11.5 Å². The lowest BCUT2D eigenvalue weighted by molar-refractivity contribution is -0.115. The van der Waals surface area contributed by atoms with Crippen LogP contribution in [0, 0.1) is 6.92 Å². The Bertz CT molecular complexity index is 913. The first-order valence-corrected chi connectivity index (χ1v) is 8.74. The molecule has 2 rings (SSSR count). The molecule has 0 unspecified atom stereocenters. The highest BCUT2D eigenvalue weighted by molar-refractivity contribution is 7.80. The van der Waals surface area contributed by atoms with Crippen molar-refractivity contribution in [3.63, 3.8) is 0 Å². The van der Waals surface area contributed by atoms with Crippen molar-refractivity contribution in [2.45, 2.75) is 6.92 Å². The summed E-state index contributed by atoms with van der Waals surface area (Å²) in [7, 11) is 4.35. The summed E-state index contributed by atoms with van der Waals surface area (Å²) in [6, 6.07) is 6.47. The Morgan fingerprint density at radius 1 is 1.03 bits per heavy atom. The lowest BCUT2D eigenvalue weighted by atomic mass is 10.1. The summed E-state index contributed by atoms with van der Waals surface area (Å²) in [6.07, 6.45) is 2.76. The van der Waals surface area contributed by atoms with E-state index in [4.69, 9.17) is 30.8 Å². The fourth-order valence-electron chi connectivity index (χ4n) is 2.28. The van der Waals surface area contributed by atoms with Crippen molar-refractivity contribution in [1.29, 1.82) is 0 Å². The normalized spacial score (nSPS) is 10.3. The molecule has 9 nitrogen and oxygen atoms in total. The molecule has 0 aliphatic rings. The second-order valence-corrected chi connectivity index (χ2v) is 6.00. The van der Waals surface area contributed by atoms with Crippen molar-refractivity contribution in [3.05, 3.63) is 47.4 Å². The van der Waals surface area contributed by atoms with E-state index in [0.717, 1.165) is 5.76 Å². The number of furan rings is 1. The maximum Gasteiger partial charge on any atom is 0.269 e. The Labute approximate surface area is 173 Å². The molecule has 0 aliphatic carbocycles. The van der Waals surface area contributed by atoms with Crippen LogP contribution in [0.25, 0.3) is 6.08 Å². The molecular weight excluding hydrogens is 398 g/mol. The summed E-state index contributed by atoms with van der Waals surface area (Å²) in [4.78, 5) is 24.2. The number of hydrazine groups is 1. The van der Waals surface area contributed by atoms with Gasteiger partial charge in [-0.1, -0.05) is 0 Å². The second kappa shape index (κ2) is 10.1. The fraction of sp³-hybridized carbons (Fsp3) is 0.211. The Morgan fingerprint density at radius 2 is 1.69 bits per heavy atom. The Hall–Kier alpha value is -3.53. The molecule has 0 saturated heterocycles. The molecule has 2 amide bonds. The summed E-state index contributed by atoms with van der Waals surface area (Å²) >= 11 is 4.99. The number of nitrogens with one attached hydrogen (secondary N) is 3. The van der Waals surface area contributed by atoms with E-state index in [0.29, 0.717) is 23.0 Å². The first-order chi connectivity index (χ1) is 13.9. The van der Waals surface area contributed by atoms with Gasteiger partial charge in [0.25, 0.3) is 5.91 Å². The van der Waals surface area contributed by atoms with Crippen molar-refractivity contribution in [2.75, 3.05) is 21.3 Å². The van der Waals surface area contributed by atoms with Gasteiger partial charge in [0.05, 0.1) is 21.3 Å². The Morgan fingerprint density at radius 3 is 2.21 bits per heavy atom. The van der Waals surface area contributed by atoms with Gasteiger partial charge in [0.2, 0.25) is 11.7 Å². The van der Waals surface area contributed by atoms with Gasteiger partial charge in [0.15, 0.2) is 16.6 Å². The molecule has 0 bridgehead atoms. The number of aryl methyl sites for hydroxylation is 1. The van der Waals surface area contributed by atoms with Crippen molar-refractivity contribution >= 4 is 35.2 Å². The van der Waals surface area contributed by atoms with Crippen LogP contribution in [0.15, 0.2) is 34.8 Å². The van der Waals surface area contributed by atoms with Gasteiger partial charge in [0, 0.05) is 11.6 Å². The smallest absolute Gasteiger partial charge is 0.269 e. The van der Waals surface area contributed by atoms with E-state index < -0.39 is 11.8 Å². The third kappa shape index (κ3) is 5.98. The average Bonchev–Trinajstić information content (AvgIpc) is 3.14. The molecular formula is C19H21N3O6S. The molecule has 0 fully saturated rings. The van der Waals surface area contributed by atoms with E-state index in [1.54, 1.807) is 19.1 Å². The summed E-state index contributed by atoms with van der Waals surface area (Å²) < 4.78 is 21.0. The monoisotopic (exact) mass is 419 g/mol. The SMILES string of the molecule is COc1cc(C(=O)NNC(=S)NC(=O)C=Cc2ccc(C)o2)cc(OC)c1OC. The maximum absolute atomic E-state index is 12.4. The van der Waals surface area contributed by atoms with E-state index in [-0.39, 0.29) is 10.7 Å². The van der Waals surface area contributed by atoms with E-state index in [1.807, 2.05) is 0 Å². The molecule has 0 radical (unpaired) electrons. The van der Waals surface area contributed by atoms with Crippen molar-refractivity contribution in [1.82, 2.24) is 16.2 Å². The minimum absolute atomic E-state index is 0.0870. The van der Waals surface area contributed by atoms with Gasteiger partial charge in [-0.3, -0.25) is 25.8 Å². The molecule has 1 heterocycles. The molecule has 0 atom stereocenters. The molecule has 2 aromatic rings. The quantitative estimate of drug-likeness (QED) is 0.370. The van der Waals surface area contributed by atoms with E-state index >= 15 is 0 Å². The molecule has 154 valence electrons. The van der Waals surface area contributed by atoms with Gasteiger partial charge in [-0.25, -0.2) is 0 Å². The third-order valence-corrected chi connectivity index (χ3v) is 3.82. The van der Waals surface area contributed by atoms with Crippen LogP contribution in [0.5, 0.6) is 17.2 Å². The summed E-state index contributed by atoms with van der Waals surface area (Å²) in [6.45, 7) is 1.80. The maximum atomic E-state index is 12.4. The molecule has 1 aromatic carbocycles.